The van der Waals surface area contributed by atoms with Crippen molar-refractivity contribution in [2.75, 3.05) is 0 Å². The first kappa shape index (κ1) is 14.8. The minimum atomic E-state index is -0.260. The number of carbonyl (C=O) groups is 2. The van der Waals surface area contributed by atoms with Gasteiger partial charge in [-0.05, 0) is 30.2 Å². The molecule has 0 saturated heterocycles. The Morgan fingerprint density at radius 1 is 0.708 bits per heavy atom. The van der Waals surface area contributed by atoms with Gasteiger partial charge < -0.3 is 10.6 Å². The highest BCUT2D eigenvalue weighted by molar-refractivity contribution is 7.80. The number of hydrogen-bond acceptors (Lipinski definition) is 3. The molecule has 0 aliphatic carbocycles. The molecule has 2 N–H and O–H groups in total. The molecule has 4 nitrogen and oxygen atoms in total. The summed E-state index contributed by atoms with van der Waals surface area (Å²) in [6.07, 6.45) is 0. The zero-order chi connectivity index (χ0) is 16.8. The molecule has 0 unspecified atom stereocenters. The van der Waals surface area contributed by atoms with E-state index in [9.17, 15) is 9.59 Å². The molecular weight excluding hydrogens is 320 g/mol. The Hall–Kier alpha value is -2.79. The highest BCUT2D eigenvalue weighted by atomic mass is 32.1. The lowest BCUT2D eigenvalue weighted by Crippen LogP contribution is -2.21. The third-order valence-corrected chi connectivity index (χ3v) is 4.48. The van der Waals surface area contributed by atoms with Crippen LogP contribution in [0.3, 0.4) is 0 Å². The Kier molecular flexibility index (Phi) is 3.32. The van der Waals surface area contributed by atoms with Gasteiger partial charge in [-0.25, -0.2) is 0 Å². The fraction of sp³-hybridized carbons (Fsp3) is 0.0526. The predicted octanol–water partition coefficient (Wildman–Crippen LogP) is 2.67. The van der Waals surface area contributed by atoms with Crippen LogP contribution in [0.15, 0.2) is 64.6 Å². The van der Waals surface area contributed by atoms with Crippen molar-refractivity contribution in [2.45, 2.75) is 11.8 Å². The Morgan fingerprint density at radius 2 is 1.12 bits per heavy atom. The zero-order valence-corrected chi connectivity index (χ0v) is 13.8. The third-order valence-electron chi connectivity index (χ3n) is 4.18. The van der Waals surface area contributed by atoms with Gasteiger partial charge in [-0.15, -0.1) is 12.6 Å². The molecule has 0 radical (unpaired) electrons. The maximum absolute atomic E-state index is 12.5. The largest absolute Gasteiger partial charge is 0.321 e. The van der Waals surface area contributed by atoms with Crippen molar-refractivity contribution in [1.82, 2.24) is 10.6 Å². The Balaban J connectivity index is 1.88. The monoisotopic (exact) mass is 334 g/mol. The van der Waals surface area contributed by atoms with Crippen LogP contribution in [-0.4, -0.2) is 11.8 Å². The summed E-state index contributed by atoms with van der Waals surface area (Å²) >= 11 is 4.26. The first-order valence-electron chi connectivity index (χ1n) is 7.52. The third kappa shape index (κ3) is 2.25. The van der Waals surface area contributed by atoms with Gasteiger partial charge in [0.1, 0.15) is 0 Å². The highest BCUT2D eigenvalue weighted by Crippen LogP contribution is 2.37. The molecule has 2 aliphatic rings. The van der Waals surface area contributed by atoms with Gasteiger partial charge in [0, 0.05) is 4.90 Å². The number of aryl methyl sites for hydroxylation is 1. The van der Waals surface area contributed by atoms with Gasteiger partial charge in [0.05, 0.1) is 22.5 Å². The SMILES string of the molecule is Cc1ccc(C2=C3C(=O)NC(c4ccc(S)cc4)=C3C(=O)N2)cc1. The number of rotatable bonds is 2. The lowest BCUT2D eigenvalue weighted by Gasteiger charge is -2.07. The summed E-state index contributed by atoms with van der Waals surface area (Å²) in [6, 6.07) is 15.0. The van der Waals surface area contributed by atoms with Crippen LogP contribution in [0.4, 0.5) is 0 Å². The maximum Gasteiger partial charge on any atom is 0.258 e. The summed E-state index contributed by atoms with van der Waals surface area (Å²) in [4.78, 5) is 25.8. The molecule has 0 aromatic heterocycles. The topological polar surface area (TPSA) is 58.2 Å². The molecule has 0 saturated carbocycles. The second-order valence-corrected chi connectivity index (χ2v) is 6.34. The molecule has 0 spiro atoms. The molecule has 2 aromatic rings. The molecule has 5 heteroatoms. The molecule has 0 bridgehead atoms. The second kappa shape index (κ2) is 5.39. The number of amides is 2. The molecule has 2 aliphatic heterocycles. The number of benzene rings is 2. The van der Waals surface area contributed by atoms with Crippen LogP contribution >= 0.6 is 12.6 Å². The zero-order valence-electron chi connectivity index (χ0n) is 12.9. The Morgan fingerprint density at radius 3 is 1.58 bits per heavy atom. The van der Waals surface area contributed by atoms with Gasteiger partial charge in [-0.1, -0.05) is 42.0 Å². The summed E-state index contributed by atoms with van der Waals surface area (Å²) in [6.45, 7) is 1.99. The minimum Gasteiger partial charge on any atom is -0.321 e. The van der Waals surface area contributed by atoms with Crippen molar-refractivity contribution in [1.29, 1.82) is 0 Å². The quantitative estimate of drug-likeness (QED) is 0.740. The van der Waals surface area contributed by atoms with E-state index in [1.807, 2.05) is 55.5 Å². The van der Waals surface area contributed by atoms with E-state index < -0.39 is 0 Å². The Labute approximate surface area is 144 Å². The van der Waals surface area contributed by atoms with E-state index in [0.29, 0.717) is 22.5 Å². The number of thiol groups is 1. The molecule has 118 valence electrons. The highest BCUT2D eigenvalue weighted by Gasteiger charge is 2.40. The summed E-state index contributed by atoms with van der Waals surface area (Å²) in [5, 5.41) is 5.67. The van der Waals surface area contributed by atoms with Crippen molar-refractivity contribution in [3.05, 3.63) is 76.4 Å². The van der Waals surface area contributed by atoms with E-state index in [1.165, 1.54) is 0 Å². The number of carbonyl (C=O) groups excluding carboxylic acids is 2. The van der Waals surface area contributed by atoms with Crippen molar-refractivity contribution in [3.8, 4) is 0 Å². The van der Waals surface area contributed by atoms with E-state index in [0.717, 1.165) is 21.6 Å². The van der Waals surface area contributed by atoms with E-state index in [-0.39, 0.29) is 11.8 Å². The smallest absolute Gasteiger partial charge is 0.258 e. The predicted molar refractivity (Wildman–Crippen MR) is 95.0 cm³/mol. The normalized spacial score (nSPS) is 16.4. The average molecular weight is 334 g/mol. The average Bonchev–Trinajstić information content (AvgIpc) is 3.08. The lowest BCUT2D eigenvalue weighted by molar-refractivity contribution is -0.117. The molecule has 24 heavy (non-hydrogen) atoms. The summed E-state index contributed by atoms with van der Waals surface area (Å²) in [7, 11) is 0. The van der Waals surface area contributed by atoms with Crippen molar-refractivity contribution < 1.29 is 9.59 Å². The van der Waals surface area contributed by atoms with Gasteiger partial charge >= 0.3 is 0 Å². The van der Waals surface area contributed by atoms with Gasteiger partial charge in [0.15, 0.2) is 0 Å². The molecular formula is C19H14N2O2S. The summed E-state index contributed by atoms with van der Waals surface area (Å²) < 4.78 is 0. The maximum atomic E-state index is 12.5. The number of hydrogen-bond donors (Lipinski definition) is 3. The standard InChI is InChI=1S/C19H14N2O2S/c1-10-2-4-11(5-3-10)16-14-15(19(23)20-16)17(21-18(14)22)12-6-8-13(24)9-7-12/h2-9,24H,1H3,(H,20,23)(H,21,22). The minimum absolute atomic E-state index is 0.260. The molecule has 2 aromatic carbocycles. The molecule has 0 atom stereocenters. The fourth-order valence-corrected chi connectivity index (χ4v) is 3.11. The molecule has 2 heterocycles. The van der Waals surface area contributed by atoms with Crippen LogP contribution < -0.4 is 10.6 Å². The van der Waals surface area contributed by atoms with E-state index >= 15 is 0 Å². The summed E-state index contributed by atoms with van der Waals surface area (Å²) in [5.74, 6) is -0.521. The van der Waals surface area contributed by atoms with Gasteiger partial charge in [-0.2, -0.15) is 0 Å². The first-order valence-corrected chi connectivity index (χ1v) is 7.97. The van der Waals surface area contributed by atoms with Gasteiger partial charge in [0.2, 0.25) is 0 Å². The molecule has 2 amide bonds. The van der Waals surface area contributed by atoms with E-state index in [4.69, 9.17) is 0 Å². The van der Waals surface area contributed by atoms with Crippen LogP contribution in [0.25, 0.3) is 11.4 Å². The van der Waals surface area contributed by atoms with Crippen LogP contribution in [0, 0.1) is 6.92 Å². The Bertz CT molecular complexity index is 859. The van der Waals surface area contributed by atoms with Gasteiger partial charge in [-0.3, -0.25) is 9.59 Å². The van der Waals surface area contributed by atoms with Crippen molar-refractivity contribution in [3.63, 3.8) is 0 Å². The number of fused-ring (bicyclic) bond motifs is 1. The van der Waals surface area contributed by atoms with Gasteiger partial charge in [0.25, 0.3) is 11.8 Å². The van der Waals surface area contributed by atoms with Crippen LogP contribution in [0.5, 0.6) is 0 Å². The number of nitrogens with one attached hydrogen (secondary N) is 2. The fourth-order valence-electron chi connectivity index (χ4n) is 2.96. The van der Waals surface area contributed by atoms with Crippen LogP contribution in [0.1, 0.15) is 16.7 Å². The van der Waals surface area contributed by atoms with Crippen LogP contribution in [-0.2, 0) is 9.59 Å². The van der Waals surface area contributed by atoms with Crippen molar-refractivity contribution >= 4 is 35.8 Å². The second-order valence-electron chi connectivity index (χ2n) is 5.82. The summed E-state index contributed by atoms with van der Waals surface area (Å²) in [5.41, 5.74) is 4.65. The lowest BCUT2D eigenvalue weighted by atomic mass is 10.0. The molecule has 0 fully saturated rings. The van der Waals surface area contributed by atoms with E-state index in [1.54, 1.807) is 0 Å². The van der Waals surface area contributed by atoms with Crippen molar-refractivity contribution in [2.24, 2.45) is 0 Å². The molecule has 4 rings (SSSR count). The van der Waals surface area contributed by atoms with Crippen LogP contribution in [0.2, 0.25) is 0 Å². The first-order chi connectivity index (χ1) is 11.5. The van der Waals surface area contributed by atoms with E-state index in [2.05, 4.69) is 23.3 Å².